The zero-order chi connectivity index (χ0) is 14.3. The van der Waals surface area contributed by atoms with E-state index in [1.165, 1.54) is 12.1 Å². The molecule has 0 aliphatic heterocycles. The normalized spacial score (nSPS) is 11.6. The molecule has 1 rings (SSSR count). The topological polar surface area (TPSA) is 53.0 Å². The number of hydrogen-bond donors (Lipinski definition) is 1. The van der Waals surface area contributed by atoms with Gasteiger partial charge in [-0.3, -0.25) is 4.90 Å². The van der Waals surface area contributed by atoms with E-state index in [2.05, 4.69) is 17.9 Å². The zero-order valence-electron chi connectivity index (χ0n) is 11.3. The molecule has 2 N–H and O–H groups in total. The molecule has 0 amide bonds. The fourth-order valence-corrected chi connectivity index (χ4v) is 1.66. The molecule has 0 aromatic heterocycles. The summed E-state index contributed by atoms with van der Waals surface area (Å²) in [5.41, 5.74) is 6.93. The highest BCUT2D eigenvalue weighted by Gasteiger charge is 2.11. The number of nitrogens with zero attached hydrogens (tertiary/aromatic N) is 2. The van der Waals surface area contributed by atoms with Crippen molar-refractivity contribution < 1.29 is 4.39 Å². The fourth-order valence-electron chi connectivity index (χ4n) is 1.66. The van der Waals surface area contributed by atoms with E-state index in [1.54, 1.807) is 6.07 Å². The Morgan fingerprint density at radius 3 is 2.84 bits per heavy atom. The summed E-state index contributed by atoms with van der Waals surface area (Å²) in [6, 6.07) is 6.86. The third kappa shape index (κ3) is 4.71. The second-order valence-electron chi connectivity index (χ2n) is 4.43. The van der Waals surface area contributed by atoms with Gasteiger partial charge in [-0.1, -0.05) is 17.9 Å². The van der Waals surface area contributed by atoms with Crippen molar-refractivity contribution >= 4 is 0 Å². The van der Waals surface area contributed by atoms with Crippen LogP contribution in [0.5, 0.6) is 0 Å². The Kier molecular flexibility index (Phi) is 6.02. The van der Waals surface area contributed by atoms with Crippen molar-refractivity contribution in [1.82, 2.24) is 4.90 Å². The SMILES string of the molecule is CC(CC#N)N(C)Cc1ccc(F)cc1C#CCN. The van der Waals surface area contributed by atoms with Gasteiger partial charge < -0.3 is 5.73 Å². The lowest BCUT2D eigenvalue weighted by Crippen LogP contribution is -2.28. The third-order valence-electron chi connectivity index (χ3n) is 2.96. The van der Waals surface area contributed by atoms with Crippen LogP contribution in [0.1, 0.15) is 24.5 Å². The van der Waals surface area contributed by atoms with Gasteiger partial charge in [0, 0.05) is 18.2 Å². The van der Waals surface area contributed by atoms with E-state index in [9.17, 15) is 4.39 Å². The average molecular weight is 259 g/mol. The zero-order valence-corrected chi connectivity index (χ0v) is 11.3. The lowest BCUT2D eigenvalue weighted by Gasteiger charge is -2.23. The average Bonchev–Trinajstić information content (AvgIpc) is 2.39. The highest BCUT2D eigenvalue weighted by Crippen LogP contribution is 2.14. The Morgan fingerprint density at radius 1 is 1.47 bits per heavy atom. The molecule has 0 heterocycles. The van der Waals surface area contributed by atoms with E-state index in [4.69, 9.17) is 11.0 Å². The van der Waals surface area contributed by atoms with E-state index in [1.807, 2.05) is 18.9 Å². The summed E-state index contributed by atoms with van der Waals surface area (Å²) in [5, 5.41) is 8.70. The minimum Gasteiger partial charge on any atom is -0.320 e. The molecule has 0 bridgehead atoms. The predicted octanol–water partition coefficient (Wildman–Crippen LogP) is 1.87. The molecule has 0 spiro atoms. The van der Waals surface area contributed by atoms with Crippen molar-refractivity contribution in [1.29, 1.82) is 5.26 Å². The Hall–Kier alpha value is -1.88. The van der Waals surface area contributed by atoms with Crippen LogP contribution in [0.25, 0.3) is 0 Å². The van der Waals surface area contributed by atoms with Crippen LogP contribution < -0.4 is 5.73 Å². The standard InChI is InChI=1S/C15H18FN3/c1-12(7-9-18)19(2)11-14-5-6-15(16)10-13(14)4-3-8-17/h5-6,10,12H,7-8,11,17H2,1-2H3. The number of hydrogen-bond acceptors (Lipinski definition) is 3. The maximum absolute atomic E-state index is 13.2. The van der Waals surface area contributed by atoms with Crippen molar-refractivity contribution in [2.24, 2.45) is 5.73 Å². The Balaban J connectivity index is 2.91. The second kappa shape index (κ2) is 7.53. The summed E-state index contributed by atoms with van der Waals surface area (Å²) in [6.45, 7) is 2.85. The first kappa shape index (κ1) is 15.2. The van der Waals surface area contributed by atoms with Crippen LogP contribution >= 0.6 is 0 Å². The van der Waals surface area contributed by atoms with Gasteiger partial charge in [-0.2, -0.15) is 5.26 Å². The maximum Gasteiger partial charge on any atom is 0.124 e. The van der Waals surface area contributed by atoms with Gasteiger partial charge in [-0.05, 0) is 31.7 Å². The summed E-state index contributed by atoms with van der Waals surface area (Å²) < 4.78 is 13.2. The quantitative estimate of drug-likeness (QED) is 0.840. The maximum atomic E-state index is 13.2. The smallest absolute Gasteiger partial charge is 0.124 e. The molecule has 0 saturated heterocycles. The number of nitrogens with two attached hydrogens (primary N) is 1. The number of nitriles is 1. The Bertz CT molecular complexity index is 522. The second-order valence-corrected chi connectivity index (χ2v) is 4.43. The van der Waals surface area contributed by atoms with Crippen molar-refractivity contribution in [3.63, 3.8) is 0 Å². The minimum absolute atomic E-state index is 0.144. The Morgan fingerprint density at radius 2 is 2.21 bits per heavy atom. The van der Waals surface area contributed by atoms with Gasteiger partial charge in [0.05, 0.1) is 19.0 Å². The van der Waals surface area contributed by atoms with Gasteiger partial charge in [0.25, 0.3) is 0 Å². The molecule has 100 valence electrons. The molecule has 3 nitrogen and oxygen atoms in total. The highest BCUT2D eigenvalue weighted by molar-refractivity contribution is 5.41. The molecule has 0 radical (unpaired) electrons. The lowest BCUT2D eigenvalue weighted by atomic mass is 10.1. The van der Waals surface area contributed by atoms with Crippen LogP contribution in [-0.4, -0.2) is 24.5 Å². The fraction of sp³-hybridized carbons (Fsp3) is 0.400. The predicted molar refractivity (Wildman–Crippen MR) is 73.5 cm³/mol. The van der Waals surface area contributed by atoms with Gasteiger partial charge >= 0.3 is 0 Å². The first-order valence-electron chi connectivity index (χ1n) is 6.13. The summed E-state index contributed by atoms with van der Waals surface area (Å²) in [6.07, 6.45) is 0.460. The number of halogens is 1. The number of benzene rings is 1. The minimum atomic E-state index is -0.308. The van der Waals surface area contributed by atoms with Crippen molar-refractivity contribution in [2.75, 3.05) is 13.6 Å². The van der Waals surface area contributed by atoms with Crippen molar-refractivity contribution in [2.45, 2.75) is 25.9 Å². The largest absolute Gasteiger partial charge is 0.320 e. The molecular formula is C15H18FN3. The van der Waals surface area contributed by atoms with E-state index >= 15 is 0 Å². The van der Waals surface area contributed by atoms with Crippen molar-refractivity contribution in [3.8, 4) is 17.9 Å². The summed E-state index contributed by atoms with van der Waals surface area (Å²) in [4.78, 5) is 2.05. The van der Waals surface area contributed by atoms with Gasteiger partial charge in [0.15, 0.2) is 0 Å². The summed E-state index contributed by atoms with van der Waals surface area (Å²) in [5.74, 6) is 5.32. The molecule has 0 saturated carbocycles. The van der Waals surface area contributed by atoms with Crippen LogP contribution in [0.2, 0.25) is 0 Å². The van der Waals surface area contributed by atoms with E-state index in [-0.39, 0.29) is 18.4 Å². The highest BCUT2D eigenvalue weighted by atomic mass is 19.1. The van der Waals surface area contributed by atoms with Gasteiger partial charge in [0.2, 0.25) is 0 Å². The monoisotopic (exact) mass is 259 g/mol. The van der Waals surface area contributed by atoms with Crippen LogP contribution in [0, 0.1) is 29.0 Å². The molecule has 1 aromatic carbocycles. The van der Waals surface area contributed by atoms with Crippen LogP contribution in [0.4, 0.5) is 4.39 Å². The van der Waals surface area contributed by atoms with E-state index in [0.717, 1.165) is 5.56 Å². The van der Waals surface area contributed by atoms with Gasteiger partial charge in [-0.15, -0.1) is 0 Å². The molecule has 0 fully saturated rings. The van der Waals surface area contributed by atoms with E-state index < -0.39 is 0 Å². The van der Waals surface area contributed by atoms with Gasteiger partial charge in [0.1, 0.15) is 5.82 Å². The molecule has 0 aliphatic rings. The molecular weight excluding hydrogens is 241 g/mol. The molecule has 1 unspecified atom stereocenters. The molecule has 1 aromatic rings. The first-order chi connectivity index (χ1) is 9.08. The Labute approximate surface area is 113 Å². The molecule has 1 atom stereocenters. The summed E-state index contributed by atoms with van der Waals surface area (Å²) >= 11 is 0. The van der Waals surface area contributed by atoms with Gasteiger partial charge in [-0.25, -0.2) is 4.39 Å². The van der Waals surface area contributed by atoms with Crippen LogP contribution in [0.3, 0.4) is 0 Å². The lowest BCUT2D eigenvalue weighted by molar-refractivity contribution is 0.252. The molecule has 0 aliphatic carbocycles. The molecule has 19 heavy (non-hydrogen) atoms. The third-order valence-corrected chi connectivity index (χ3v) is 2.96. The van der Waals surface area contributed by atoms with Crippen LogP contribution in [0.15, 0.2) is 18.2 Å². The van der Waals surface area contributed by atoms with Crippen molar-refractivity contribution in [3.05, 3.63) is 35.1 Å². The van der Waals surface area contributed by atoms with E-state index in [0.29, 0.717) is 18.5 Å². The first-order valence-corrected chi connectivity index (χ1v) is 6.13. The summed E-state index contributed by atoms with van der Waals surface area (Å²) in [7, 11) is 1.94. The van der Waals surface area contributed by atoms with Crippen LogP contribution in [-0.2, 0) is 6.54 Å². The molecule has 4 heteroatoms. The number of rotatable bonds is 4.